The Balaban J connectivity index is 1.67. The van der Waals surface area contributed by atoms with Gasteiger partial charge in [-0.1, -0.05) is 37.9 Å². The maximum absolute atomic E-state index is 12.9. The Morgan fingerprint density at radius 3 is 2.59 bits per heavy atom. The molecule has 208 valence electrons. The molecular formula is C28H31ClN2O7S. The molecule has 11 heteroatoms. The predicted octanol–water partition coefficient (Wildman–Crippen LogP) is 6.16. The number of nitrogens with zero attached hydrogens (tertiary/aromatic N) is 1. The lowest BCUT2D eigenvalue weighted by Gasteiger charge is -2.15. The summed E-state index contributed by atoms with van der Waals surface area (Å²) in [7, 11) is 1.52. The second-order valence-corrected chi connectivity index (χ2v) is 10.1. The quantitative estimate of drug-likeness (QED) is 0.182. The van der Waals surface area contributed by atoms with Crippen LogP contribution in [0.15, 0.2) is 41.3 Å². The Morgan fingerprint density at radius 1 is 1.13 bits per heavy atom. The summed E-state index contributed by atoms with van der Waals surface area (Å²) < 4.78 is 16.5. The van der Waals surface area contributed by atoms with E-state index < -0.39 is 29.6 Å². The number of hydrogen-bond acceptors (Lipinski definition) is 8. The van der Waals surface area contributed by atoms with Crippen molar-refractivity contribution >= 4 is 58.1 Å². The molecule has 0 saturated carbocycles. The first-order valence-corrected chi connectivity index (χ1v) is 13.7. The molecule has 0 unspecified atom stereocenters. The number of unbranched alkanes of at least 4 members (excludes halogenated alkanes) is 1. The lowest BCUT2D eigenvalue weighted by molar-refractivity contribution is -0.127. The van der Waals surface area contributed by atoms with Gasteiger partial charge in [-0.25, -0.2) is 4.79 Å². The summed E-state index contributed by atoms with van der Waals surface area (Å²) in [5, 5.41) is 2.21. The van der Waals surface area contributed by atoms with Crippen LogP contribution in [0.25, 0.3) is 6.08 Å². The van der Waals surface area contributed by atoms with Gasteiger partial charge in [0.2, 0.25) is 5.91 Å². The summed E-state index contributed by atoms with van der Waals surface area (Å²) in [6, 6.07) is 9.58. The Hall–Kier alpha value is -3.50. The van der Waals surface area contributed by atoms with Crippen LogP contribution in [0, 0.1) is 0 Å². The van der Waals surface area contributed by atoms with Gasteiger partial charge in [-0.15, -0.1) is 0 Å². The third kappa shape index (κ3) is 8.00. The number of carbonyl (C=O) groups is 4. The van der Waals surface area contributed by atoms with Gasteiger partial charge in [-0.2, -0.15) is 0 Å². The van der Waals surface area contributed by atoms with Gasteiger partial charge in [0.25, 0.3) is 11.1 Å². The summed E-state index contributed by atoms with van der Waals surface area (Å²) in [5.41, 5.74) is 1.02. The first kappa shape index (κ1) is 30.0. The maximum Gasteiger partial charge on any atom is 0.339 e. The molecule has 0 aromatic heterocycles. The monoisotopic (exact) mass is 574 g/mol. The highest BCUT2D eigenvalue weighted by molar-refractivity contribution is 8.18. The molecule has 1 saturated heterocycles. The number of esters is 1. The van der Waals surface area contributed by atoms with Crippen molar-refractivity contribution in [2.24, 2.45) is 0 Å². The average Bonchev–Trinajstić information content (AvgIpc) is 3.17. The number of amides is 3. The van der Waals surface area contributed by atoms with Gasteiger partial charge in [0.1, 0.15) is 6.54 Å². The second kappa shape index (κ2) is 14.0. The van der Waals surface area contributed by atoms with Gasteiger partial charge in [0.05, 0.1) is 35.3 Å². The Kier molecular flexibility index (Phi) is 10.8. The molecule has 3 rings (SSSR count). The van der Waals surface area contributed by atoms with Crippen molar-refractivity contribution in [1.29, 1.82) is 0 Å². The highest BCUT2D eigenvalue weighted by atomic mass is 35.5. The number of imide groups is 1. The normalized spacial score (nSPS) is 14.9. The number of carbonyl (C=O) groups excluding carboxylic acids is 4. The van der Waals surface area contributed by atoms with Crippen molar-refractivity contribution in [2.45, 2.75) is 46.1 Å². The van der Waals surface area contributed by atoms with Gasteiger partial charge in [-0.3, -0.25) is 19.3 Å². The van der Waals surface area contributed by atoms with E-state index in [9.17, 15) is 19.2 Å². The minimum atomic E-state index is -0.612. The molecule has 1 aliphatic rings. The third-order valence-electron chi connectivity index (χ3n) is 5.76. The molecule has 1 fully saturated rings. The Morgan fingerprint density at radius 2 is 1.90 bits per heavy atom. The van der Waals surface area contributed by atoms with Gasteiger partial charge < -0.3 is 19.5 Å². The van der Waals surface area contributed by atoms with E-state index >= 15 is 0 Å². The molecule has 39 heavy (non-hydrogen) atoms. The topological polar surface area (TPSA) is 111 Å². The van der Waals surface area contributed by atoms with E-state index in [2.05, 4.69) is 5.32 Å². The van der Waals surface area contributed by atoms with Crippen LogP contribution in [0.4, 0.5) is 10.5 Å². The summed E-state index contributed by atoms with van der Waals surface area (Å²) in [6.07, 6.45) is 3.99. The highest BCUT2D eigenvalue weighted by Crippen LogP contribution is 2.35. The summed E-state index contributed by atoms with van der Waals surface area (Å²) in [4.78, 5) is 51.5. The Bertz CT molecular complexity index is 1280. The van der Waals surface area contributed by atoms with Crippen molar-refractivity contribution in [2.75, 3.05) is 25.6 Å². The van der Waals surface area contributed by atoms with E-state index in [4.69, 9.17) is 25.8 Å². The molecule has 1 atom stereocenters. The maximum atomic E-state index is 12.9. The second-order valence-electron chi connectivity index (χ2n) is 8.75. The van der Waals surface area contributed by atoms with E-state index in [0.29, 0.717) is 17.1 Å². The summed E-state index contributed by atoms with van der Waals surface area (Å²) >= 11 is 6.86. The summed E-state index contributed by atoms with van der Waals surface area (Å²) in [5.74, 6) is -0.723. The SMILES string of the molecule is CCCCOC(=O)c1cc(NC(=O)CN2C(=O)S/C(=C\c3ccc(O[C@H](C)CC)c(OC)c3)C2=O)ccc1Cl. The lowest BCUT2D eigenvalue weighted by atomic mass is 10.1. The van der Waals surface area contributed by atoms with Gasteiger partial charge in [0.15, 0.2) is 11.5 Å². The number of ether oxygens (including phenoxy) is 3. The van der Waals surface area contributed by atoms with Crippen molar-refractivity contribution in [3.05, 3.63) is 57.5 Å². The number of nitrogens with one attached hydrogen (secondary N) is 1. The number of benzene rings is 2. The molecule has 0 aliphatic carbocycles. The Labute approximate surface area is 236 Å². The first-order chi connectivity index (χ1) is 18.7. The van der Waals surface area contributed by atoms with Crippen molar-refractivity contribution in [3.63, 3.8) is 0 Å². The van der Waals surface area contributed by atoms with E-state index in [1.165, 1.54) is 25.3 Å². The number of rotatable bonds is 12. The van der Waals surface area contributed by atoms with Crippen molar-refractivity contribution in [3.8, 4) is 11.5 Å². The van der Waals surface area contributed by atoms with Crippen molar-refractivity contribution in [1.82, 2.24) is 4.90 Å². The number of halogens is 1. The molecule has 2 aromatic rings. The fraction of sp³-hybridized carbons (Fsp3) is 0.357. The van der Waals surface area contributed by atoms with Crippen LogP contribution in [0.1, 0.15) is 56.0 Å². The minimum Gasteiger partial charge on any atom is -0.493 e. The number of anilines is 1. The first-order valence-electron chi connectivity index (χ1n) is 12.5. The van der Waals surface area contributed by atoms with Crippen LogP contribution < -0.4 is 14.8 Å². The van der Waals surface area contributed by atoms with Crippen LogP contribution in [-0.4, -0.2) is 54.3 Å². The lowest BCUT2D eigenvalue weighted by Crippen LogP contribution is -2.36. The number of hydrogen-bond donors (Lipinski definition) is 1. The van der Waals surface area contributed by atoms with Crippen LogP contribution in [0.5, 0.6) is 11.5 Å². The van der Waals surface area contributed by atoms with Gasteiger partial charge in [0, 0.05) is 5.69 Å². The smallest absolute Gasteiger partial charge is 0.339 e. The van der Waals surface area contributed by atoms with E-state index in [-0.39, 0.29) is 33.9 Å². The highest BCUT2D eigenvalue weighted by Gasteiger charge is 2.36. The minimum absolute atomic E-state index is 0.00599. The standard InChI is InChI=1S/C28H31ClN2O7S/c1-5-7-12-37-27(34)20-15-19(9-10-21(20)29)30-25(32)16-31-26(33)24(39-28(31)35)14-18-8-11-22(23(13-18)36-4)38-17(3)6-2/h8-11,13-15,17H,5-7,12,16H2,1-4H3,(H,30,32)/b24-14-/t17-/m1/s1. The molecule has 1 aliphatic heterocycles. The van der Waals surface area contributed by atoms with Crippen LogP contribution >= 0.6 is 23.4 Å². The van der Waals surface area contributed by atoms with E-state index in [1.807, 2.05) is 20.8 Å². The van der Waals surface area contributed by atoms with E-state index in [1.54, 1.807) is 24.3 Å². The van der Waals surface area contributed by atoms with Gasteiger partial charge >= 0.3 is 5.97 Å². The predicted molar refractivity (Wildman–Crippen MR) is 151 cm³/mol. The number of thioether (sulfide) groups is 1. The van der Waals surface area contributed by atoms with E-state index in [0.717, 1.165) is 35.9 Å². The molecule has 1 N–H and O–H groups in total. The van der Waals surface area contributed by atoms with Gasteiger partial charge in [-0.05, 0) is 73.5 Å². The molecule has 9 nitrogen and oxygen atoms in total. The zero-order valence-corrected chi connectivity index (χ0v) is 23.8. The van der Waals surface area contributed by atoms with Crippen LogP contribution in [-0.2, 0) is 14.3 Å². The van der Waals surface area contributed by atoms with Crippen LogP contribution in [0.3, 0.4) is 0 Å². The zero-order valence-electron chi connectivity index (χ0n) is 22.2. The fourth-order valence-corrected chi connectivity index (χ4v) is 4.48. The summed E-state index contributed by atoms with van der Waals surface area (Å²) in [6.45, 7) is 5.71. The molecule has 2 aromatic carbocycles. The van der Waals surface area contributed by atoms with Crippen molar-refractivity contribution < 1.29 is 33.4 Å². The largest absolute Gasteiger partial charge is 0.493 e. The fourth-order valence-electron chi connectivity index (χ4n) is 3.45. The molecule has 0 radical (unpaired) electrons. The third-order valence-corrected chi connectivity index (χ3v) is 7.00. The number of methoxy groups -OCH3 is 1. The molecule has 3 amide bonds. The zero-order chi connectivity index (χ0) is 28.5. The molecule has 1 heterocycles. The molecule has 0 spiro atoms. The average molecular weight is 575 g/mol. The van der Waals surface area contributed by atoms with Crippen LogP contribution in [0.2, 0.25) is 5.02 Å². The molecule has 0 bridgehead atoms. The molecular weight excluding hydrogens is 544 g/mol.